The van der Waals surface area contributed by atoms with Gasteiger partial charge in [-0.1, -0.05) is 267 Å². The van der Waals surface area contributed by atoms with Gasteiger partial charge in [-0.3, -0.25) is 14.4 Å². The highest BCUT2D eigenvalue weighted by atomic mass is 16.6. The van der Waals surface area contributed by atoms with Gasteiger partial charge in [0.05, 0.1) is 0 Å². The van der Waals surface area contributed by atoms with Gasteiger partial charge in [-0.15, -0.1) is 0 Å². The van der Waals surface area contributed by atoms with Gasteiger partial charge in [0.1, 0.15) is 13.2 Å². The zero-order chi connectivity index (χ0) is 54.3. The highest BCUT2D eigenvalue weighted by Crippen LogP contribution is 2.16. The standard InChI is InChI=1S/C69H122O6/c1-4-7-10-13-16-19-22-25-28-30-32-33-34-35-37-38-41-44-47-50-53-56-59-62-68(71)74-65-66(64-73-67(70)61-58-55-52-49-46-43-40-27-24-21-18-15-12-9-6-3)75-69(72)63-60-57-54-51-48-45-42-39-36-31-29-26-23-20-17-14-11-8-5-2/h17,20,22,25-27,29-30,32,36,39-40,66H,4-16,18-19,21,23-24,28,31,33-35,37-38,41-65H2,1-3H3/b20-17-,25-22-,29-26-,32-30-,39-36-,40-27-. The summed E-state index contributed by atoms with van der Waals surface area (Å²) in [4.78, 5) is 38.3. The number of hydrogen-bond acceptors (Lipinski definition) is 6. The first-order valence-corrected chi connectivity index (χ1v) is 32.4. The summed E-state index contributed by atoms with van der Waals surface area (Å²) in [5.74, 6) is -0.892. The van der Waals surface area contributed by atoms with E-state index < -0.39 is 6.10 Å². The fourth-order valence-corrected chi connectivity index (χ4v) is 9.24. The molecule has 0 radical (unpaired) electrons. The minimum atomic E-state index is -0.788. The van der Waals surface area contributed by atoms with Crippen LogP contribution in [0.15, 0.2) is 72.9 Å². The molecule has 6 heteroatoms. The molecule has 0 fully saturated rings. The minimum Gasteiger partial charge on any atom is -0.462 e. The Hall–Kier alpha value is -3.15. The lowest BCUT2D eigenvalue weighted by Crippen LogP contribution is -2.30. The van der Waals surface area contributed by atoms with Crippen molar-refractivity contribution in [2.45, 2.75) is 335 Å². The van der Waals surface area contributed by atoms with Crippen LogP contribution in [0.3, 0.4) is 0 Å². The molecule has 1 unspecified atom stereocenters. The molecular formula is C69H122O6. The molecule has 0 aliphatic heterocycles. The second kappa shape index (κ2) is 63.4. The number of carbonyl (C=O) groups is 3. The average molecular weight is 1050 g/mol. The van der Waals surface area contributed by atoms with E-state index in [0.29, 0.717) is 19.3 Å². The Labute approximate surface area is 465 Å². The van der Waals surface area contributed by atoms with E-state index in [4.69, 9.17) is 14.2 Å². The Morgan fingerprint density at radius 2 is 0.480 bits per heavy atom. The molecule has 0 aliphatic carbocycles. The second-order valence-electron chi connectivity index (χ2n) is 21.7. The molecule has 75 heavy (non-hydrogen) atoms. The summed E-state index contributed by atoms with van der Waals surface area (Å²) in [7, 11) is 0. The van der Waals surface area contributed by atoms with Gasteiger partial charge in [-0.25, -0.2) is 0 Å². The first-order chi connectivity index (χ1) is 37.0. The summed E-state index contributed by atoms with van der Waals surface area (Å²) >= 11 is 0. The summed E-state index contributed by atoms with van der Waals surface area (Å²) in [6, 6.07) is 0. The first-order valence-electron chi connectivity index (χ1n) is 32.4. The molecule has 0 amide bonds. The van der Waals surface area contributed by atoms with Crippen LogP contribution in [0.2, 0.25) is 0 Å². The fraction of sp³-hybridized carbons (Fsp3) is 0.783. The van der Waals surface area contributed by atoms with Crippen molar-refractivity contribution >= 4 is 17.9 Å². The maximum atomic E-state index is 12.9. The molecule has 0 spiro atoms. The van der Waals surface area contributed by atoms with Gasteiger partial charge in [0.15, 0.2) is 6.10 Å². The minimum absolute atomic E-state index is 0.0832. The molecule has 1 atom stereocenters. The van der Waals surface area contributed by atoms with Crippen LogP contribution in [0.25, 0.3) is 0 Å². The average Bonchev–Trinajstić information content (AvgIpc) is 3.41. The molecule has 6 nitrogen and oxygen atoms in total. The van der Waals surface area contributed by atoms with Crippen molar-refractivity contribution in [2.24, 2.45) is 0 Å². The molecule has 0 rings (SSSR count). The maximum absolute atomic E-state index is 12.9. The molecule has 0 aliphatic rings. The normalized spacial score (nSPS) is 12.5. The molecule has 0 N–H and O–H groups in total. The van der Waals surface area contributed by atoms with Crippen LogP contribution >= 0.6 is 0 Å². The molecule has 434 valence electrons. The quantitative estimate of drug-likeness (QED) is 0.0261. The van der Waals surface area contributed by atoms with Crippen LogP contribution in [0, 0.1) is 0 Å². The van der Waals surface area contributed by atoms with Crippen molar-refractivity contribution in [1.82, 2.24) is 0 Å². The Morgan fingerprint density at radius 1 is 0.267 bits per heavy atom. The molecular weight excluding hydrogens is 925 g/mol. The van der Waals surface area contributed by atoms with Gasteiger partial charge < -0.3 is 14.2 Å². The third-order valence-electron chi connectivity index (χ3n) is 14.2. The van der Waals surface area contributed by atoms with Crippen LogP contribution < -0.4 is 0 Å². The largest absolute Gasteiger partial charge is 0.462 e. The number of rotatable bonds is 59. The van der Waals surface area contributed by atoms with Crippen molar-refractivity contribution in [3.63, 3.8) is 0 Å². The van der Waals surface area contributed by atoms with Crippen LogP contribution in [-0.2, 0) is 28.6 Å². The van der Waals surface area contributed by atoms with Crippen molar-refractivity contribution in [3.8, 4) is 0 Å². The SMILES string of the molecule is CCCCC/C=C\C/C=C\C/C=C\CCCCCCCCC(=O)OC(COC(=O)CCCCCCC/C=C\CCCCCCCC)COC(=O)CCCCCCCCCCCCC/C=C\C/C=C\CCCCCCC. The van der Waals surface area contributed by atoms with E-state index in [0.717, 1.165) is 96.3 Å². The van der Waals surface area contributed by atoms with E-state index >= 15 is 0 Å². The fourth-order valence-electron chi connectivity index (χ4n) is 9.24. The predicted molar refractivity (Wildman–Crippen MR) is 325 cm³/mol. The number of allylic oxidation sites excluding steroid dienone is 12. The Morgan fingerprint density at radius 3 is 0.787 bits per heavy atom. The molecule has 0 aromatic rings. The van der Waals surface area contributed by atoms with Crippen molar-refractivity contribution in [1.29, 1.82) is 0 Å². The number of unbranched alkanes of at least 4 members (excludes halogenated alkanes) is 36. The monoisotopic (exact) mass is 1050 g/mol. The van der Waals surface area contributed by atoms with Gasteiger partial charge >= 0.3 is 17.9 Å². The van der Waals surface area contributed by atoms with Crippen LogP contribution in [0.4, 0.5) is 0 Å². The van der Waals surface area contributed by atoms with Crippen molar-refractivity contribution < 1.29 is 28.6 Å². The highest BCUT2D eigenvalue weighted by Gasteiger charge is 2.19. The maximum Gasteiger partial charge on any atom is 0.306 e. The van der Waals surface area contributed by atoms with E-state index in [1.165, 1.54) is 193 Å². The lowest BCUT2D eigenvalue weighted by atomic mass is 10.0. The molecule has 0 saturated carbocycles. The predicted octanol–water partition coefficient (Wildman–Crippen LogP) is 22.1. The van der Waals surface area contributed by atoms with E-state index in [9.17, 15) is 14.4 Å². The number of carbonyl (C=O) groups excluding carboxylic acids is 3. The molecule has 0 saturated heterocycles. The van der Waals surface area contributed by atoms with Gasteiger partial charge in [0.2, 0.25) is 0 Å². The van der Waals surface area contributed by atoms with Gasteiger partial charge in [0, 0.05) is 19.3 Å². The number of ether oxygens (including phenoxy) is 3. The zero-order valence-corrected chi connectivity index (χ0v) is 49.8. The number of esters is 3. The third-order valence-corrected chi connectivity index (χ3v) is 14.2. The second-order valence-corrected chi connectivity index (χ2v) is 21.7. The summed E-state index contributed by atoms with van der Waals surface area (Å²) in [5, 5.41) is 0. The van der Waals surface area contributed by atoms with Crippen LogP contribution in [0.1, 0.15) is 329 Å². The van der Waals surface area contributed by atoms with Crippen LogP contribution in [0.5, 0.6) is 0 Å². The Kier molecular flexibility index (Phi) is 60.7. The van der Waals surface area contributed by atoms with Gasteiger partial charge in [-0.2, -0.15) is 0 Å². The first kappa shape index (κ1) is 71.8. The van der Waals surface area contributed by atoms with Gasteiger partial charge in [0.25, 0.3) is 0 Å². The van der Waals surface area contributed by atoms with Crippen molar-refractivity contribution in [2.75, 3.05) is 13.2 Å². The van der Waals surface area contributed by atoms with Gasteiger partial charge in [-0.05, 0) is 116 Å². The summed E-state index contributed by atoms with van der Waals surface area (Å²) < 4.78 is 16.9. The topological polar surface area (TPSA) is 78.9 Å². The molecule has 0 heterocycles. The third kappa shape index (κ3) is 61.6. The lowest BCUT2D eigenvalue weighted by molar-refractivity contribution is -0.167. The highest BCUT2D eigenvalue weighted by molar-refractivity contribution is 5.71. The van der Waals surface area contributed by atoms with E-state index in [2.05, 4.69) is 93.7 Å². The van der Waals surface area contributed by atoms with E-state index in [-0.39, 0.29) is 31.1 Å². The van der Waals surface area contributed by atoms with Crippen LogP contribution in [-0.4, -0.2) is 37.2 Å². The summed E-state index contributed by atoms with van der Waals surface area (Å²) in [5.41, 5.74) is 0. The summed E-state index contributed by atoms with van der Waals surface area (Å²) in [6.07, 6.45) is 81.8. The van der Waals surface area contributed by atoms with E-state index in [1.807, 2.05) is 0 Å². The smallest absolute Gasteiger partial charge is 0.306 e. The van der Waals surface area contributed by atoms with Crippen molar-refractivity contribution in [3.05, 3.63) is 72.9 Å². The number of hydrogen-bond donors (Lipinski definition) is 0. The zero-order valence-electron chi connectivity index (χ0n) is 49.8. The molecule has 0 aromatic carbocycles. The Balaban J connectivity index is 4.37. The summed E-state index contributed by atoms with van der Waals surface area (Å²) in [6.45, 7) is 6.61. The lowest BCUT2D eigenvalue weighted by Gasteiger charge is -2.18. The van der Waals surface area contributed by atoms with E-state index in [1.54, 1.807) is 0 Å². The Bertz CT molecular complexity index is 1390. The molecule has 0 aromatic heterocycles. The molecule has 0 bridgehead atoms.